The summed E-state index contributed by atoms with van der Waals surface area (Å²) in [5.74, 6) is 0.469. The number of rotatable bonds is 5. The molecule has 3 rings (SSSR count). The molecular weight excluding hydrogens is 317 g/mol. The summed E-state index contributed by atoms with van der Waals surface area (Å²) < 4.78 is 14.6. The highest BCUT2D eigenvalue weighted by Gasteiger charge is 2.11. The first-order valence-corrected chi connectivity index (χ1v) is 8.04. The summed E-state index contributed by atoms with van der Waals surface area (Å²) in [6.07, 6.45) is 0. The molecule has 0 saturated heterocycles. The molecule has 118 valence electrons. The number of hydrogen-bond acceptors (Lipinski definition) is 5. The molecule has 0 atom stereocenters. The Morgan fingerprint density at radius 1 is 1.22 bits per heavy atom. The predicted octanol–water partition coefficient (Wildman–Crippen LogP) is 2.16. The van der Waals surface area contributed by atoms with Gasteiger partial charge in [0.25, 0.3) is 0 Å². The zero-order chi connectivity index (χ0) is 16.2. The molecule has 6 nitrogen and oxygen atoms in total. The number of benzene rings is 1. The Hall–Kier alpha value is -2.48. The van der Waals surface area contributed by atoms with Crippen molar-refractivity contribution in [3.05, 3.63) is 42.2 Å². The minimum absolute atomic E-state index is 0.0399. The van der Waals surface area contributed by atoms with E-state index in [0.717, 1.165) is 5.56 Å². The first-order valence-electron chi connectivity index (χ1n) is 7.05. The lowest BCUT2D eigenvalue weighted by Gasteiger charge is -2.03. The van der Waals surface area contributed by atoms with Crippen LogP contribution in [-0.4, -0.2) is 38.0 Å². The molecule has 0 spiro atoms. The molecule has 0 unspecified atom stereocenters. The van der Waals surface area contributed by atoms with Crippen molar-refractivity contribution < 1.29 is 9.18 Å². The number of nitrogens with one attached hydrogen (secondary N) is 1. The predicted molar refractivity (Wildman–Crippen MR) is 85.6 cm³/mol. The Morgan fingerprint density at radius 2 is 2.00 bits per heavy atom. The number of fused-ring (bicyclic) bond motifs is 1. The molecule has 8 heteroatoms. The number of carbonyl (C=O) groups excluding carboxylic acids is 1. The van der Waals surface area contributed by atoms with E-state index in [4.69, 9.17) is 0 Å². The molecule has 0 fully saturated rings. The summed E-state index contributed by atoms with van der Waals surface area (Å²) in [6, 6.07) is 9.56. The Morgan fingerprint density at radius 3 is 2.74 bits per heavy atom. The van der Waals surface area contributed by atoms with Crippen molar-refractivity contribution in [1.82, 2.24) is 25.1 Å². The number of thioether (sulfide) groups is 1. The summed E-state index contributed by atoms with van der Waals surface area (Å²) >= 11 is 1.33. The van der Waals surface area contributed by atoms with Gasteiger partial charge in [0.15, 0.2) is 11.5 Å². The van der Waals surface area contributed by atoms with E-state index in [9.17, 15) is 9.18 Å². The van der Waals surface area contributed by atoms with Crippen LogP contribution in [0, 0.1) is 5.82 Å². The van der Waals surface area contributed by atoms with Gasteiger partial charge in [-0.3, -0.25) is 4.79 Å². The molecule has 1 amide bonds. The van der Waals surface area contributed by atoms with Crippen molar-refractivity contribution in [1.29, 1.82) is 0 Å². The summed E-state index contributed by atoms with van der Waals surface area (Å²) in [5.41, 5.74) is 1.31. The van der Waals surface area contributed by atoms with Gasteiger partial charge >= 0.3 is 0 Å². The van der Waals surface area contributed by atoms with E-state index in [1.54, 1.807) is 28.8 Å². The number of halogens is 1. The highest BCUT2D eigenvalue weighted by molar-refractivity contribution is 7.99. The number of nitrogens with zero attached hydrogens (tertiary/aromatic N) is 4. The summed E-state index contributed by atoms with van der Waals surface area (Å²) in [4.78, 5) is 11.5. The van der Waals surface area contributed by atoms with E-state index in [2.05, 4.69) is 20.6 Å². The molecule has 0 bridgehead atoms. The maximum Gasteiger partial charge on any atom is 0.230 e. The zero-order valence-corrected chi connectivity index (χ0v) is 13.2. The van der Waals surface area contributed by atoms with Gasteiger partial charge in [0.2, 0.25) is 5.91 Å². The Bertz CT molecular complexity index is 834. The molecule has 2 aromatic heterocycles. The van der Waals surface area contributed by atoms with Crippen molar-refractivity contribution in [2.75, 3.05) is 12.3 Å². The lowest BCUT2D eigenvalue weighted by atomic mass is 10.2. The quantitative estimate of drug-likeness (QED) is 0.725. The molecule has 1 aromatic carbocycles. The van der Waals surface area contributed by atoms with Crippen LogP contribution in [0.2, 0.25) is 0 Å². The second kappa shape index (κ2) is 6.74. The number of amides is 1. The van der Waals surface area contributed by atoms with Crippen LogP contribution >= 0.6 is 11.8 Å². The summed E-state index contributed by atoms with van der Waals surface area (Å²) in [7, 11) is 0. The molecule has 0 aliphatic rings. The van der Waals surface area contributed by atoms with Crippen molar-refractivity contribution in [2.24, 2.45) is 0 Å². The summed E-state index contributed by atoms with van der Waals surface area (Å²) in [5, 5.41) is 16.0. The van der Waals surface area contributed by atoms with Gasteiger partial charge in [-0.25, -0.2) is 4.39 Å². The van der Waals surface area contributed by atoms with Crippen molar-refractivity contribution in [2.45, 2.75) is 11.9 Å². The van der Waals surface area contributed by atoms with Crippen LogP contribution in [0.4, 0.5) is 4.39 Å². The molecule has 3 aromatic rings. The lowest BCUT2D eigenvalue weighted by Crippen LogP contribution is -2.24. The van der Waals surface area contributed by atoms with Crippen LogP contribution in [-0.2, 0) is 4.79 Å². The molecule has 0 aliphatic carbocycles. The standard InChI is InChI=1S/C15H14FN5OS/c1-2-17-13(22)9-23-14-8-7-12-18-19-15(21(12)20-14)10-3-5-11(16)6-4-10/h3-8H,2,9H2,1H3,(H,17,22). The first-order chi connectivity index (χ1) is 11.2. The number of aromatic nitrogens is 4. The second-order valence-electron chi connectivity index (χ2n) is 4.71. The van der Waals surface area contributed by atoms with Gasteiger partial charge in [-0.05, 0) is 43.3 Å². The lowest BCUT2D eigenvalue weighted by molar-refractivity contribution is -0.118. The normalized spacial score (nSPS) is 10.9. The van der Waals surface area contributed by atoms with Gasteiger partial charge in [0.05, 0.1) is 5.75 Å². The van der Waals surface area contributed by atoms with Gasteiger partial charge in [0.1, 0.15) is 10.8 Å². The molecule has 0 aliphatic heterocycles. The minimum atomic E-state index is -0.311. The Labute approximate surface area is 136 Å². The van der Waals surface area contributed by atoms with E-state index in [1.165, 1.54) is 23.9 Å². The van der Waals surface area contributed by atoms with E-state index in [1.807, 2.05) is 6.92 Å². The van der Waals surface area contributed by atoms with Crippen LogP contribution in [0.1, 0.15) is 6.92 Å². The fraction of sp³-hybridized carbons (Fsp3) is 0.200. The van der Waals surface area contributed by atoms with Crippen LogP contribution < -0.4 is 5.32 Å². The van der Waals surface area contributed by atoms with Crippen LogP contribution in [0.3, 0.4) is 0 Å². The Balaban J connectivity index is 1.88. The molecule has 23 heavy (non-hydrogen) atoms. The molecule has 0 saturated carbocycles. The van der Waals surface area contributed by atoms with Crippen molar-refractivity contribution in [3.8, 4) is 11.4 Å². The maximum atomic E-state index is 13.0. The van der Waals surface area contributed by atoms with Crippen molar-refractivity contribution >= 4 is 23.3 Å². The van der Waals surface area contributed by atoms with Crippen LogP contribution in [0.25, 0.3) is 17.0 Å². The zero-order valence-electron chi connectivity index (χ0n) is 12.4. The van der Waals surface area contributed by atoms with Crippen molar-refractivity contribution in [3.63, 3.8) is 0 Å². The third-order valence-electron chi connectivity index (χ3n) is 3.07. The minimum Gasteiger partial charge on any atom is -0.356 e. The molecule has 2 heterocycles. The fourth-order valence-electron chi connectivity index (χ4n) is 2.02. The highest BCUT2D eigenvalue weighted by Crippen LogP contribution is 2.20. The molecule has 0 radical (unpaired) electrons. The largest absolute Gasteiger partial charge is 0.356 e. The third-order valence-corrected chi connectivity index (χ3v) is 3.99. The molecular formula is C15H14FN5OS. The monoisotopic (exact) mass is 331 g/mol. The van der Waals surface area contributed by atoms with Gasteiger partial charge in [-0.2, -0.15) is 9.61 Å². The first kappa shape index (κ1) is 15.4. The Kier molecular flexibility index (Phi) is 4.52. The van der Waals surface area contributed by atoms with Crippen LogP contribution in [0.15, 0.2) is 41.4 Å². The topological polar surface area (TPSA) is 72.2 Å². The maximum absolute atomic E-state index is 13.0. The van der Waals surface area contributed by atoms with E-state index >= 15 is 0 Å². The van der Waals surface area contributed by atoms with Gasteiger partial charge < -0.3 is 5.32 Å². The van der Waals surface area contributed by atoms with Gasteiger partial charge in [-0.1, -0.05) is 11.8 Å². The SMILES string of the molecule is CCNC(=O)CSc1ccc2nnc(-c3ccc(F)cc3)n2n1. The third kappa shape index (κ3) is 3.48. The summed E-state index contributed by atoms with van der Waals surface area (Å²) in [6.45, 7) is 2.48. The highest BCUT2D eigenvalue weighted by atomic mass is 32.2. The average molecular weight is 331 g/mol. The number of carbonyl (C=O) groups is 1. The van der Waals surface area contributed by atoms with Crippen LogP contribution in [0.5, 0.6) is 0 Å². The smallest absolute Gasteiger partial charge is 0.230 e. The van der Waals surface area contributed by atoms with E-state index < -0.39 is 0 Å². The van der Waals surface area contributed by atoms with E-state index in [0.29, 0.717) is 28.8 Å². The van der Waals surface area contributed by atoms with Gasteiger partial charge in [-0.15, -0.1) is 10.2 Å². The number of hydrogen-bond donors (Lipinski definition) is 1. The second-order valence-corrected chi connectivity index (χ2v) is 5.71. The van der Waals surface area contributed by atoms with E-state index in [-0.39, 0.29) is 11.7 Å². The fourth-order valence-corrected chi connectivity index (χ4v) is 2.70. The average Bonchev–Trinajstić information content (AvgIpc) is 2.97. The van der Waals surface area contributed by atoms with Gasteiger partial charge in [0, 0.05) is 12.1 Å². The molecule has 1 N–H and O–H groups in total.